The number of rotatable bonds is 1. The molecular formula is C14H13BrN2. The van der Waals surface area contributed by atoms with Crippen LogP contribution in [0, 0.1) is 0 Å². The number of fused-ring (bicyclic) bond motifs is 1. The molecule has 3 heteroatoms. The molecule has 1 aliphatic rings. The summed E-state index contributed by atoms with van der Waals surface area (Å²) < 4.78 is 1.13. The van der Waals surface area contributed by atoms with E-state index in [2.05, 4.69) is 69.6 Å². The average molecular weight is 289 g/mol. The van der Waals surface area contributed by atoms with Crippen LogP contribution in [-0.2, 0) is 0 Å². The molecule has 0 spiro atoms. The lowest BCUT2D eigenvalue weighted by molar-refractivity contribution is 0.726. The first kappa shape index (κ1) is 10.8. The maximum atomic E-state index is 4.56. The molecule has 0 aromatic heterocycles. The van der Waals surface area contributed by atoms with E-state index < -0.39 is 0 Å². The number of benzene rings is 2. The highest BCUT2D eigenvalue weighted by atomic mass is 79.9. The molecule has 1 heterocycles. The molecule has 1 aliphatic heterocycles. The summed E-state index contributed by atoms with van der Waals surface area (Å²) in [5, 5.41) is 5.89. The van der Waals surface area contributed by atoms with Gasteiger partial charge in [-0.15, -0.1) is 0 Å². The molecule has 86 valence electrons. The first-order valence-electron chi connectivity index (χ1n) is 5.74. The standard InChI is InChI=1S/C14H13BrN2/c1-9-8-16-14(17-9)12-6-7-13(15)11-5-3-2-4-10(11)12/h2-7,9H,8H2,1H3,(H,16,17). The minimum atomic E-state index is 0.437. The molecule has 0 bridgehead atoms. The van der Waals surface area contributed by atoms with Crippen molar-refractivity contribution in [2.75, 3.05) is 6.54 Å². The van der Waals surface area contributed by atoms with Crippen molar-refractivity contribution in [1.82, 2.24) is 5.32 Å². The number of amidine groups is 1. The van der Waals surface area contributed by atoms with Gasteiger partial charge in [-0.05, 0) is 29.8 Å². The van der Waals surface area contributed by atoms with Gasteiger partial charge in [0.25, 0.3) is 0 Å². The van der Waals surface area contributed by atoms with Gasteiger partial charge in [0, 0.05) is 16.1 Å². The summed E-state index contributed by atoms with van der Waals surface area (Å²) >= 11 is 3.59. The van der Waals surface area contributed by atoms with Crippen molar-refractivity contribution in [3.63, 3.8) is 0 Å². The fourth-order valence-corrected chi connectivity index (χ4v) is 2.66. The lowest BCUT2D eigenvalue weighted by Gasteiger charge is -2.10. The molecule has 0 saturated carbocycles. The third-order valence-electron chi connectivity index (χ3n) is 3.03. The molecule has 1 unspecified atom stereocenters. The Morgan fingerprint density at radius 3 is 2.65 bits per heavy atom. The van der Waals surface area contributed by atoms with Crippen LogP contribution in [-0.4, -0.2) is 18.4 Å². The van der Waals surface area contributed by atoms with Gasteiger partial charge in [0.15, 0.2) is 0 Å². The maximum Gasteiger partial charge on any atom is 0.129 e. The Labute approximate surface area is 109 Å². The molecule has 0 radical (unpaired) electrons. The molecule has 17 heavy (non-hydrogen) atoms. The van der Waals surface area contributed by atoms with Gasteiger partial charge in [-0.2, -0.15) is 0 Å². The quantitative estimate of drug-likeness (QED) is 0.855. The largest absolute Gasteiger partial charge is 0.366 e. The van der Waals surface area contributed by atoms with Crippen LogP contribution < -0.4 is 5.32 Å². The summed E-state index contributed by atoms with van der Waals surface area (Å²) in [6, 6.07) is 13.0. The molecule has 3 rings (SSSR count). The van der Waals surface area contributed by atoms with Crippen LogP contribution in [0.3, 0.4) is 0 Å². The van der Waals surface area contributed by atoms with Crippen molar-refractivity contribution in [3.05, 3.63) is 46.4 Å². The molecular weight excluding hydrogens is 276 g/mol. The summed E-state index contributed by atoms with van der Waals surface area (Å²) in [5.74, 6) is 1.02. The lowest BCUT2D eigenvalue weighted by atomic mass is 10.0. The molecule has 0 saturated heterocycles. The maximum absolute atomic E-state index is 4.56. The predicted molar refractivity (Wildman–Crippen MR) is 75.6 cm³/mol. The molecule has 0 aliphatic carbocycles. The Bertz CT molecular complexity index is 604. The highest BCUT2D eigenvalue weighted by Crippen LogP contribution is 2.27. The molecule has 2 nitrogen and oxygen atoms in total. The van der Waals surface area contributed by atoms with Gasteiger partial charge < -0.3 is 5.32 Å². The van der Waals surface area contributed by atoms with E-state index in [0.29, 0.717) is 6.04 Å². The van der Waals surface area contributed by atoms with E-state index in [1.807, 2.05) is 0 Å². The fraction of sp³-hybridized carbons (Fsp3) is 0.214. The van der Waals surface area contributed by atoms with Crippen molar-refractivity contribution in [2.45, 2.75) is 13.0 Å². The summed E-state index contributed by atoms with van der Waals surface area (Å²) in [4.78, 5) is 4.56. The Balaban J connectivity index is 2.21. The topological polar surface area (TPSA) is 24.4 Å². The summed E-state index contributed by atoms with van der Waals surface area (Å²) in [6.07, 6.45) is 0. The van der Waals surface area contributed by atoms with Crippen molar-refractivity contribution in [1.29, 1.82) is 0 Å². The van der Waals surface area contributed by atoms with Crippen molar-refractivity contribution >= 4 is 32.5 Å². The number of hydrogen-bond acceptors (Lipinski definition) is 2. The smallest absolute Gasteiger partial charge is 0.129 e. The zero-order chi connectivity index (χ0) is 11.8. The van der Waals surface area contributed by atoms with E-state index in [0.717, 1.165) is 16.9 Å². The van der Waals surface area contributed by atoms with E-state index in [4.69, 9.17) is 0 Å². The second kappa shape index (κ2) is 4.15. The van der Waals surface area contributed by atoms with Crippen LogP contribution in [0.15, 0.2) is 45.9 Å². The molecule has 0 amide bonds. The zero-order valence-corrected chi connectivity index (χ0v) is 11.2. The molecule has 1 N–H and O–H groups in total. The second-order valence-corrected chi connectivity index (χ2v) is 5.23. The average Bonchev–Trinajstić information content (AvgIpc) is 2.77. The van der Waals surface area contributed by atoms with E-state index in [-0.39, 0.29) is 0 Å². The molecule has 2 aromatic rings. The third-order valence-corrected chi connectivity index (χ3v) is 3.72. The monoisotopic (exact) mass is 288 g/mol. The van der Waals surface area contributed by atoms with Gasteiger partial charge in [-0.25, -0.2) is 0 Å². The van der Waals surface area contributed by atoms with Gasteiger partial charge >= 0.3 is 0 Å². The molecule has 0 fully saturated rings. The van der Waals surface area contributed by atoms with Gasteiger partial charge in [0.05, 0.1) is 6.54 Å². The normalized spacial score (nSPS) is 19.2. The van der Waals surface area contributed by atoms with Crippen molar-refractivity contribution < 1.29 is 0 Å². The predicted octanol–water partition coefficient (Wildman–Crippen LogP) is 3.34. The number of hydrogen-bond donors (Lipinski definition) is 1. The van der Waals surface area contributed by atoms with E-state index in [1.165, 1.54) is 16.3 Å². The highest BCUT2D eigenvalue weighted by Gasteiger charge is 2.16. The third kappa shape index (κ3) is 1.84. The minimum Gasteiger partial charge on any atom is -0.366 e. The Kier molecular flexibility index (Phi) is 2.63. The Hall–Kier alpha value is -1.35. The summed E-state index contributed by atoms with van der Waals surface area (Å²) in [5.41, 5.74) is 1.19. The minimum absolute atomic E-state index is 0.437. The summed E-state index contributed by atoms with van der Waals surface area (Å²) in [7, 11) is 0. The van der Waals surface area contributed by atoms with Crippen LogP contribution in [0.25, 0.3) is 10.8 Å². The van der Waals surface area contributed by atoms with Gasteiger partial charge in [-0.1, -0.05) is 40.2 Å². The van der Waals surface area contributed by atoms with E-state index >= 15 is 0 Å². The van der Waals surface area contributed by atoms with Crippen LogP contribution in [0.4, 0.5) is 0 Å². The van der Waals surface area contributed by atoms with Crippen LogP contribution in [0.1, 0.15) is 12.5 Å². The van der Waals surface area contributed by atoms with Crippen LogP contribution in [0.2, 0.25) is 0 Å². The number of aliphatic imine (C=N–C) groups is 1. The summed E-state index contributed by atoms with van der Waals surface area (Å²) in [6.45, 7) is 3.01. The lowest BCUT2D eigenvalue weighted by Crippen LogP contribution is -2.27. The fourth-order valence-electron chi connectivity index (χ4n) is 2.18. The van der Waals surface area contributed by atoms with E-state index in [1.54, 1.807) is 0 Å². The number of nitrogens with zero attached hydrogens (tertiary/aromatic N) is 1. The molecule has 1 atom stereocenters. The zero-order valence-electron chi connectivity index (χ0n) is 9.57. The van der Waals surface area contributed by atoms with Gasteiger partial charge in [0.1, 0.15) is 5.84 Å². The number of halogens is 1. The number of nitrogens with one attached hydrogen (secondary N) is 1. The second-order valence-electron chi connectivity index (χ2n) is 4.38. The van der Waals surface area contributed by atoms with E-state index in [9.17, 15) is 0 Å². The van der Waals surface area contributed by atoms with Crippen LogP contribution >= 0.6 is 15.9 Å². The Morgan fingerprint density at radius 1 is 1.18 bits per heavy atom. The van der Waals surface area contributed by atoms with Crippen molar-refractivity contribution in [2.24, 2.45) is 4.99 Å². The highest BCUT2D eigenvalue weighted by molar-refractivity contribution is 9.10. The van der Waals surface area contributed by atoms with Crippen LogP contribution in [0.5, 0.6) is 0 Å². The van der Waals surface area contributed by atoms with Gasteiger partial charge in [0.2, 0.25) is 0 Å². The van der Waals surface area contributed by atoms with Gasteiger partial charge in [-0.3, -0.25) is 4.99 Å². The van der Waals surface area contributed by atoms with Crippen molar-refractivity contribution in [3.8, 4) is 0 Å². The SMILES string of the molecule is CC1CN=C(c2ccc(Br)c3ccccc23)N1. The first-order valence-corrected chi connectivity index (χ1v) is 6.53. The molecule has 2 aromatic carbocycles. The Morgan fingerprint density at radius 2 is 1.94 bits per heavy atom. The first-order chi connectivity index (χ1) is 8.25.